The molecule has 8 nitrogen and oxygen atoms in total. The van der Waals surface area contributed by atoms with Crippen LogP contribution in [0.3, 0.4) is 0 Å². The second-order valence-corrected chi connectivity index (χ2v) is 7.29. The zero-order valence-electron chi connectivity index (χ0n) is 12.5. The highest BCUT2D eigenvalue weighted by molar-refractivity contribution is 7.89. The van der Waals surface area contributed by atoms with E-state index in [1.807, 2.05) is 0 Å². The van der Waals surface area contributed by atoms with E-state index in [4.69, 9.17) is 4.52 Å². The summed E-state index contributed by atoms with van der Waals surface area (Å²) < 4.78 is 31.8. The standard InChI is InChI=1S/C12H16N4O4S2/c1-6-5-21-12(13-6)14-11(17)8(3)16-22(18,19)10-7(2)15-20-9(10)4/h5,8,16H,1-4H3,(H,13,14,17)/t8-/m0/s1. The first-order chi connectivity index (χ1) is 10.2. The van der Waals surface area contributed by atoms with Crippen LogP contribution in [-0.2, 0) is 14.8 Å². The molecule has 0 aliphatic carbocycles. The molecule has 2 aromatic rings. The molecule has 0 unspecified atom stereocenters. The summed E-state index contributed by atoms with van der Waals surface area (Å²) >= 11 is 1.27. The number of aryl methyl sites for hydroxylation is 3. The van der Waals surface area contributed by atoms with E-state index in [-0.39, 0.29) is 16.3 Å². The third-order valence-corrected chi connectivity index (χ3v) is 5.47. The third kappa shape index (κ3) is 3.51. The van der Waals surface area contributed by atoms with E-state index in [2.05, 4.69) is 20.2 Å². The van der Waals surface area contributed by atoms with Gasteiger partial charge in [-0.05, 0) is 27.7 Å². The molecule has 120 valence electrons. The third-order valence-electron chi connectivity index (χ3n) is 2.81. The molecule has 1 atom stereocenters. The summed E-state index contributed by atoms with van der Waals surface area (Å²) in [6.45, 7) is 6.27. The van der Waals surface area contributed by atoms with Crippen molar-refractivity contribution in [1.29, 1.82) is 0 Å². The highest BCUT2D eigenvalue weighted by Crippen LogP contribution is 2.19. The molecule has 2 N–H and O–H groups in total. The van der Waals surface area contributed by atoms with Crippen LogP contribution in [0.4, 0.5) is 5.13 Å². The van der Waals surface area contributed by atoms with Crippen LogP contribution in [0.2, 0.25) is 0 Å². The summed E-state index contributed by atoms with van der Waals surface area (Å²) in [5, 5.41) is 8.37. The Morgan fingerprint density at radius 3 is 2.55 bits per heavy atom. The van der Waals surface area contributed by atoms with Crippen LogP contribution in [0, 0.1) is 20.8 Å². The second kappa shape index (κ2) is 6.15. The van der Waals surface area contributed by atoms with Crippen molar-refractivity contribution in [1.82, 2.24) is 14.9 Å². The van der Waals surface area contributed by atoms with Crippen LogP contribution in [-0.4, -0.2) is 30.5 Å². The van der Waals surface area contributed by atoms with Crippen molar-refractivity contribution in [3.8, 4) is 0 Å². The number of thiazole rings is 1. The molecule has 0 spiro atoms. The maximum atomic E-state index is 12.3. The fraction of sp³-hybridized carbons (Fsp3) is 0.417. The summed E-state index contributed by atoms with van der Waals surface area (Å²) in [6.07, 6.45) is 0. The number of amides is 1. The van der Waals surface area contributed by atoms with Gasteiger partial charge >= 0.3 is 0 Å². The van der Waals surface area contributed by atoms with E-state index in [1.54, 1.807) is 12.3 Å². The number of sulfonamides is 1. The maximum absolute atomic E-state index is 12.3. The number of aromatic nitrogens is 2. The largest absolute Gasteiger partial charge is 0.360 e. The number of hydrogen-bond acceptors (Lipinski definition) is 7. The number of nitrogens with zero attached hydrogens (tertiary/aromatic N) is 2. The molecule has 1 amide bonds. The van der Waals surface area contributed by atoms with Crippen LogP contribution in [0.15, 0.2) is 14.8 Å². The van der Waals surface area contributed by atoms with Gasteiger partial charge < -0.3 is 9.84 Å². The number of hydrogen-bond donors (Lipinski definition) is 2. The minimum Gasteiger partial charge on any atom is -0.360 e. The Labute approximate surface area is 132 Å². The van der Waals surface area contributed by atoms with Gasteiger partial charge in [-0.1, -0.05) is 5.16 Å². The molecule has 0 fully saturated rings. The number of rotatable bonds is 5. The average molecular weight is 344 g/mol. The zero-order valence-corrected chi connectivity index (χ0v) is 14.1. The lowest BCUT2D eigenvalue weighted by molar-refractivity contribution is -0.117. The molecule has 22 heavy (non-hydrogen) atoms. The van der Waals surface area contributed by atoms with E-state index in [0.29, 0.717) is 5.13 Å². The summed E-state index contributed by atoms with van der Waals surface area (Å²) in [4.78, 5) is 16.1. The molecule has 2 aromatic heterocycles. The predicted octanol–water partition coefficient (Wildman–Crippen LogP) is 1.36. The maximum Gasteiger partial charge on any atom is 0.246 e. The molecule has 0 radical (unpaired) electrons. The SMILES string of the molecule is Cc1csc(NC(=O)[C@H](C)NS(=O)(=O)c2c(C)noc2C)n1. The quantitative estimate of drug-likeness (QED) is 0.846. The highest BCUT2D eigenvalue weighted by Gasteiger charge is 2.28. The lowest BCUT2D eigenvalue weighted by Gasteiger charge is -2.13. The molecule has 0 aromatic carbocycles. The second-order valence-electron chi connectivity index (χ2n) is 4.78. The fourth-order valence-electron chi connectivity index (χ4n) is 1.83. The van der Waals surface area contributed by atoms with E-state index in [9.17, 15) is 13.2 Å². The lowest BCUT2D eigenvalue weighted by Crippen LogP contribution is -2.41. The van der Waals surface area contributed by atoms with Crippen molar-refractivity contribution in [2.24, 2.45) is 0 Å². The molecular weight excluding hydrogens is 328 g/mol. The van der Waals surface area contributed by atoms with Crippen molar-refractivity contribution in [3.05, 3.63) is 22.5 Å². The van der Waals surface area contributed by atoms with Crippen LogP contribution >= 0.6 is 11.3 Å². The Morgan fingerprint density at radius 1 is 1.36 bits per heavy atom. The topological polar surface area (TPSA) is 114 Å². The molecular formula is C12H16N4O4S2. The van der Waals surface area contributed by atoms with Gasteiger partial charge in [0, 0.05) is 5.38 Å². The van der Waals surface area contributed by atoms with Crippen molar-refractivity contribution >= 4 is 32.4 Å². The van der Waals surface area contributed by atoms with Gasteiger partial charge in [0.25, 0.3) is 0 Å². The van der Waals surface area contributed by atoms with Crippen molar-refractivity contribution in [2.75, 3.05) is 5.32 Å². The molecule has 0 bridgehead atoms. The molecule has 0 saturated heterocycles. The van der Waals surface area contributed by atoms with Crippen molar-refractivity contribution in [2.45, 2.75) is 38.6 Å². The highest BCUT2D eigenvalue weighted by atomic mass is 32.2. The molecule has 2 heterocycles. The minimum atomic E-state index is -3.89. The van der Waals surface area contributed by atoms with E-state index < -0.39 is 22.0 Å². The molecule has 2 rings (SSSR count). The minimum absolute atomic E-state index is 0.0442. The van der Waals surface area contributed by atoms with Crippen LogP contribution in [0.25, 0.3) is 0 Å². The van der Waals surface area contributed by atoms with Gasteiger partial charge in [-0.25, -0.2) is 13.4 Å². The number of carbonyl (C=O) groups excluding carboxylic acids is 1. The Morgan fingerprint density at radius 2 is 2.05 bits per heavy atom. The molecule has 0 saturated carbocycles. The van der Waals surface area contributed by atoms with Gasteiger partial charge in [-0.3, -0.25) is 4.79 Å². The Balaban J connectivity index is 2.10. The van der Waals surface area contributed by atoms with Gasteiger partial charge in [0.1, 0.15) is 10.6 Å². The summed E-state index contributed by atoms with van der Waals surface area (Å²) in [5.74, 6) is -0.321. The number of anilines is 1. The number of carbonyl (C=O) groups is 1. The predicted molar refractivity (Wildman–Crippen MR) is 81.2 cm³/mol. The first kappa shape index (κ1) is 16.6. The number of nitrogens with one attached hydrogen (secondary N) is 2. The van der Waals surface area contributed by atoms with E-state index >= 15 is 0 Å². The normalized spacial score (nSPS) is 13.1. The van der Waals surface area contributed by atoms with Crippen LogP contribution in [0.5, 0.6) is 0 Å². The smallest absolute Gasteiger partial charge is 0.246 e. The van der Waals surface area contributed by atoms with E-state index in [1.165, 1.54) is 32.1 Å². The zero-order chi connectivity index (χ0) is 16.5. The van der Waals surface area contributed by atoms with Gasteiger partial charge in [0.2, 0.25) is 15.9 Å². The Hall–Kier alpha value is -1.78. The molecule has 10 heteroatoms. The summed E-state index contributed by atoms with van der Waals surface area (Å²) in [7, 11) is -3.89. The first-order valence-electron chi connectivity index (χ1n) is 6.39. The van der Waals surface area contributed by atoms with Gasteiger partial charge in [-0.2, -0.15) is 4.72 Å². The molecule has 0 aliphatic rings. The monoisotopic (exact) mass is 344 g/mol. The summed E-state index contributed by atoms with van der Waals surface area (Å²) in [6, 6.07) is -0.970. The van der Waals surface area contributed by atoms with Crippen molar-refractivity contribution < 1.29 is 17.7 Å². The van der Waals surface area contributed by atoms with Crippen molar-refractivity contribution in [3.63, 3.8) is 0 Å². The van der Waals surface area contributed by atoms with Crippen LogP contribution in [0.1, 0.15) is 24.1 Å². The van der Waals surface area contributed by atoms with Gasteiger partial charge in [0.15, 0.2) is 10.9 Å². The Bertz CT molecular complexity index is 774. The average Bonchev–Trinajstić information content (AvgIpc) is 2.95. The first-order valence-corrected chi connectivity index (χ1v) is 8.75. The fourth-order valence-corrected chi connectivity index (χ4v) is 4.05. The lowest BCUT2D eigenvalue weighted by atomic mass is 10.3. The van der Waals surface area contributed by atoms with Crippen LogP contribution < -0.4 is 10.0 Å². The van der Waals surface area contributed by atoms with Gasteiger partial charge in [0.05, 0.1) is 11.7 Å². The molecule has 0 aliphatic heterocycles. The summed E-state index contributed by atoms with van der Waals surface area (Å²) in [5.41, 5.74) is 1.03. The Kier molecular flexibility index (Phi) is 4.63. The van der Waals surface area contributed by atoms with E-state index in [0.717, 1.165) is 5.69 Å². The van der Waals surface area contributed by atoms with Gasteiger partial charge in [-0.15, -0.1) is 11.3 Å².